The number of pyridine rings is 1. The maximum atomic E-state index is 9.06. The van der Waals surface area contributed by atoms with E-state index in [0.29, 0.717) is 11.9 Å². The van der Waals surface area contributed by atoms with Crippen molar-refractivity contribution in [1.29, 1.82) is 5.26 Å². The number of nitrogens with one attached hydrogen (secondary N) is 2. The second-order valence-electron chi connectivity index (χ2n) is 8.23. The topological polar surface area (TPSA) is 96.4 Å². The molecular weight excluding hydrogens is 388 g/mol. The Morgan fingerprint density at radius 1 is 1.13 bits per heavy atom. The molecule has 0 aliphatic heterocycles. The highest BCUT2D eigenvalue weighted by Crippen LogP contribution is 2.33. The van der Waals surface area contributed by atoms with Gasteiger partial charge in [0.1, 0.15) is 11.6 Å². The fourth-order valence-corrected chi connectivity index (χ4v) is 4.02. The van der Waals surface area contributed by atoms with Crippen LogP contribution in [-0.2, 0) is 14.1 Å². The quantitative estimate of drug-likeness (QED) is 0.511. The third-order valence-corrected chi connectivity index (χ3v) is 5.84. The number of rotatable bonds is 5. The van der Waals surface area contributed by atoms with E-state index in [9.17, 15) is 0 Å². The Labute approximate surface area is 180 Å². The van der Waals surface area contributed by atoms with E-state index < -0.39 is 0 Å². The molecular formula is C23H24N8. The van der Waals surface area contributed by atoms with Gasteiger partial charge in [0.2, 0.25) is 0 Å². The molecule has 31 heavy (non-hydrogen) atoms. The molecule has 0 atom stereocenters. The summed E-state index contributed by atoms with van der Waals surface area (Å²) in [5.74, 6) is 1.72. The average molecular weight is 413 g/mol. The van der Waals surface area contributed by atoms with Gasteiger partial charge in [0.05, 0.1) is 35.0 Å². The zero-order valence-electron chi connectivity index (χ0n) is 17.8. The summed E-state index contributed by atoms with van der Waals surface area (Å²) in [6.45, 7) is 2.08. The van der Waals surface area contributed by atoms with Crippen molar-refractivity contribution in [2.45, 2.75) is 25.8 Å². The first kappa shape index (κ1) is 19.1. The minimum atomic E-state index is 0.149. The number of nitrogens with zero attached hydrogens (tertiary/aromatic N) is 6. The van der Waals surface area contributed by atoms with Crippen molar-refractivity contribution in [1.82, 2.24) is 24.5 Å². The van der Waals surface area contributed by atoms with Crippen LogP contribution in [0, 0.1) is 24.2 Å². The molecule has 1 aliphatic carbocycles. The van der Waals surface area contributed by atoms with Gasteiger partial charge >= 0.3 is 0 Å². The van der Waals surface area contributed by atoms with Crippen LogP contribution in [0.2, 0.25) is 0 Å². The van der Waals surface area contributed by atoms with Gasteiger partial charge in [0, 0.05) is 37.8 Å². The molecule has 8 heteroatoms. The number of benzene rings is 1. The summed E-state index contributed by atoms with van der Waals surface area (Å²) in [5, 5.41) is 26.0. The van der Waals surface area contributed by atoms with Crippen LogP contribution in [0.3, 0.4) is 0 Å². The Bertz CT molecular complexity index is 1300. The SMILES string of the molecule is Cc1cccc(-c2cc(Nc3cc(NC4CC(C#N)C4)c4cnn(C)c4n3)n(C)n2)c1. The van der Waals surface area contributed by atoms with Gasteiger partial charge in [0.15, 0.2) is 5.65 Å². The van der Waals surface area contributed by atoms with Crippen LogP contribution < -0.4 is 10.6 Å². The first-order valence-electron chi connectivity index (χ1n) is 10.4. The Kier molecular flexibility index (Phi) is 4.59. The second kappa shape index (κ2) is 7.43. The van der Waals surface area contributed by atoms with Crippen LogP contribution in [0.5, 0.6) is 0 Å². The zero-order chi connectivity index (χ0) is 21.5. The van der Waals surface area contributed by atoms with Crippen LogP contribution >= 0.6 is 0 Å². The molecule has 5 rings (SSSR count). The highest BCUT2D eigenvalue weighted by atomic mass is 15.3. The molecule has 0 amide bonds. The molecule has 0 bridgehead atoms. The zero-order valence-corrected chi connectivity index (χ0v) is 17.8. The maximum Gasteiger partial charge on any atom is 0.161 e. The lowest BCUT2D eigenvalue weighted by molar-refractivity contribution is 0.354. The smallest absolute Gasteiger partial charge is 0.161 e. The van der Waals surface area contributed by atoms with E-state index in [2.05, 4.69) is 52.0 Å². The van der Waals surface area contributed by atoms with Gasteiger partial charge in [-0.1, -0.05) is 23.8 Å². The molecule has 1 fully saturated rings. The summed E-state index contributed by atoms with van der Waals surface area (Å²) in [7, 11) is 3.80. The van der Waals surface area contributed by atoms with Crippen molar-refractivity contribution < 1.29 is 0 Å². The van der Waals surface area contributed by atoms with E-state index in [1.807, 2.05) is 43.2 Å². The number of hydrogen-bond donors (Lipinski definition) is 2. The lowest BCUT2D eigenvalue weighted by Gasteiger charge is -2.32. The number of aromatic nitrogens is 5. The van der Waals surface area contributed by atoms with Crippen molar-refractivity contribution in [2.75, 3.05) is 10.6 Å². The predicted molar refractivity (Wildman–Crippen MR) is 121 cm³/mol. The van der Waals surface area contributed by atoms with Gasteiger partial charge < -0.3 is 10.6 Å². The summed E-state index contributed by atoms with van der Waals surface area (Å²) in [6.07, 6.45) is 3.56. The van der Waals surface area contributed by atoms with Gasteiger partial charge in [-0.2, -0.15) is 15.5 Å². The molecule has 0 spiro atoms. The number of hydrogen-bond acceptors (Lipinski definition) is 6. The van der Waals surface area contributed by atoms with E-state index in [-0.39, 0.29) is 5.92 Å². The first-order valence-corrected chi connectivity index (χ1v) is 10.4. The van der Waals surface area contributed by atoms with Gasteiger partial charge in [-0.15, -0.1) is 0 Å². The van der Waals surface area contributed by atoms with E-state index in [4.69, 9.17) is 10.2 Å². The van der Waals surface area contributed by atoms with Crippen molar-refractivity contribution in [3.05, 3.63) is 48.2 Å². The minimum Gasteiger partial charge on any atom is -0.381 e. The Balaban J connectivity index is 1.45. The van der Waals surface area contributed by atoms with Crippen LogP contribution in [0.25, 0.3) is 22.3 Å². The third-order valence-electron chi connectivity index (χ3n) is 5.84. The lowest BCUT2D eigenvalue weighted by Crippen LogP contribution is -2.34. The van der Waals surface area contributed by atoms with E-state index in [1.54, 1.807) is 4.68 Å². The fraction of sp³-hybridized carbons (Fsp3) is 0.304. The van der Waals surface area contributed by atoms with Crippen LogP contribution in [0.4, 0.5) is 17.3 Å². The van der Waals surface area contributed by atoms with E-state index in [1.165, 1.54) is 5.56 Å². The van der Waals surface area contributed by atoms with Crippen molar-refractivity contribution in [2.24, 2.45) is 20.0 Å². The largest absolute Gasteiger partial charge is 0.381 e. The van der Waals surface area contributed by atoms with Gasteiger partial charge in [0.25, 0.3) is 0 Å². The lowest BCUT2D eigenvalue weighted by atomic mass is 9.81. The number of nitriles is 1. The predicted octanol–water partition coefficient (Wildman–Crippen LogP) is 4.13. The molecule has 0 unspecified atom stereocenters. The summed E-state index contributed by atoms with van der Waals surface area (Å²) in [5.41, 5.74) is 4.96. The summed E-state index contributed by atoms with van der Waals surface area (Å²) in [6, 6.07) is 15.0. The molecule has 8 nitrogen and oxygen atoms in total. The summed E-state index contributed by atoms with van der Waals surface area (Å²) in [4.78, 5) is 4.77. The van der Waals surface area contributed by atoms with Crippen LogP contribution in [0.1, 0.15) is 18.4 Å². The summed E-state index contributed by atoms with van der Waals surface area (Å²) >= 11 is 0. The molecule has 1 saturated carbocycles. The number of aryl methyl sites for hydroxylation is 3. The second-order valence-corrected chi connectivity index (χ2v) is 8.23. The average Bonchev–Trinajstić information content (AvgIpc) is 3.27. The Hall–Kier alpha value is -3.86. The number of anilines is 3. The summed E-state index contributed by atoms with van der Waals surface area (Å²) < 4.78 is 3.59. The molecule has 2 N–H and O–H groups in total. The number of fused-ring (bicyclic) bond motifs is 1. The standard InChI is InChI=1S/C23H24N8/c1-14-5-4-6-16(7-14)19-11-22(30(2)29-19)27-21-10-20(26-17-8-15(9-17)12-24)18-13-25-31(3)23(18)28-21/h4-7,10-11,13,15,17H,8-9H2,1-3H3,(H2,26,27,28). The van der Waals surface area contributed by atoms with Crippen LogP contribution in [-0.4, -0.2) is 30.6 Å². The fourth-order valence-electron chi connectivity index (χ4n) is 4.02. The molecule has 1 aromatic carbocycles. The monoisotopic (exact) mass is 412 g/mol. The van der Waals surface area contributed by atoms with Gasteiger partial charge in [-0.25, -0.2) is 4.98 Å². The molecule has 1 aliphatic rings. The van der Waals surface area contributed by atoms with Crippen molar-refractivity contribution >= 4 is 28.4 Å². The van der Waals surface area contributed by atoms with Crippen LogP contribution in [0.15, 0.2) is 42.6 Å². The molecule has 3 aromatic heterocycles. The normalized spacial score (nSPS) is 17.9. The highest BCUT2D eigenvalue weighted by Gasteiger charge is 2.29. The Morgan fingerprint density at radius 3 is 2.74 bits per heavy atom. The Morgan fingerprint density at radius 2 is 1.97 bits per heavy atom. The van der Waals surface area contributed by atoms with Crippen molar-refractivity contribution in [3.63, 3.8) is 0 Å². The van der Waals surface area contributed by atoms with Gasteiger partial charge in [-0.3, -0.25) is 9.36 Å². The molecule has 0 saturated heterocycles. The maximum absolute atomic E-state index is 9.06. The highest BCUT2D eigenvalue weighted by molar-refractivity contribution is 5.91. The van der Waals surface area contributed by atoms with E-state index in [0.717, 1.165) is 46.6 Å². The first-order chi connectivity index (χ1) is 15.0. The molecule has 156 valence electrons. The molecule has 0 radical (unpaired) electrons. The third kappa shape index (κ3) is 3.59. The van der Waals surface area contributed by atoms with Gasteiger partial charge in [-0.05, 0) is 25.8 Å². The van der Waals surface area contributed by atoms with Crippen molar-refractivity contribution in [3.8, 4) is 17.3 Å². The molecule has 3 heterocycles. The van der Waals surface area contributed by atoms with E-state index >= 15 is 0 Å². The minimum absolute atomic E-state index is 0.149. The molecule has 4 aromatic rings.